The molecule has 1 rings (SSSR count). The minimum Gasteiger partial charge on any atom is -0.478 e. The number of rotatable bonds is 5. The first-order valence-corrected chi connectivity index (χ1v) is 6.21. The lowest BCUT2D eigenvalue weighted by atomic mass is 10.2. The van der Waals surface area contributed by atoms with Gasteiger partial charge in [0.1, 0.15) is 0 Å². The maximum absolute atomic E-state index is 11.9. The van der Waals surface area contributed by atoms with Crippen LogP contribution in [0.15, 0.2) is 18.2 Å². The van der Waals surface area contributed by atoms with Gasteiger partial charge in [0.15, 0.2) is 0 Å². The van der Waals surface area contributed by atoms with Gasteiger partial charge >= 0.3 is 18.2 Å². The van der Waals surface area contributed by atoms with Crippen molar-refractivity contribution in [3.05, 3.63) is 28.8 Å². The molecule has 0 aliphatic rings. The van der Waals surface area contributed by atoms with Gasteiger partial charge in [0, 0.05) is 18.7 Å². The summed E-state index contributed by atoms with van der Waals surface area (Å²) in [5.41, 5.74) is -0.0170. The highest BCUT2D eigenvalue weighted by atomic mass is 35.5. The van der Waals surface area contributed by atoms with E-state index in [-0.39, 0.29) is 29.2 Å². The van der Waals surface area contributed by atoms with E-state index >= 15 is 0 Å². The first-order valence-electron chi connectivity index (χ1n) is 5.83. The molecule has 116 valence electrons. The van der Waals surface area contributed by atoms with Crippen LogP contribution in [0.3, 0.4) is 0 Å². The van der Waals surface area contributed by atoms with Gasteiger partial charge in [0.2, 0.25) is 0 Å². The van der Waals surface area contributed by atoms with E-state index < -0.39 is 24.6 Å². The molecule has 0 atom stereocenters. The van der Waals surface area contributed by atoms with E-state index in [1.54, 1.807) is 0 Å². The molecule has 0 fully saturated rings. The highest BCUT2D eigenvalue weighted by Crippen LogP contribution is 2.21. The number of carboxylic acids is 1. The highest BCUT2D eigenvalue weighted by Gasteiger charge is 2.25. The van der Waals surface area contributed by atoms with Crippen molar-refractivity contribution in [2.24, 2.45) is 0 Å². The van der Waals surface area contributed by atoms with Gasteiger partial charge in [-0.1, -0.05) is 11.6 Å². The molecule has 0 saturated heterocycles. The summed E-state index contributed by atoms with van der Waals surface area (Å²) in [5, 5.41) is 13.4. The van der Waals surface area contributed by atoms with E-state index in [0.717, 1.165) is 6.07 Å². The number of anilines is 1. The number of alkyl halides is 3. The van der Waals surface area contributed by atoms with Crippen molar-refractivity contribution in [3.63, 3.8) is 0 Å². The number of carboxylic acid groups (broad SMARTS) is 1. The number of halogens is 4. The summed E-state index contributed by atoms with van der Waals surface area (Å²) in [6.07, 6.45) is -5.49. The third-order valence-electron chi connectivity index (χ3n) is 2.38. The number of carbonyl (C=O) groups is 2. The Morgan fingerprint density at radius 3 is 2.52 bits per heavy atom. The summed E-state index contributed by atoms with van der Waals surface area (Å²) < 4.78 is 35.7. The number of hydrogen-bond donors (Lipinski definition) is 3. The Morgan fingerprint density at radius 2 is 1.95 bits per heavy atom. The van der Waals surface area contributed by atoms with Crippen molar-refractivity contribution in [1.29, 1.82) is 0 Å². The molecule has 2 amide bonds. The second-order valence-corrected chi connectivity index (χ2v) is 4.51. The molecule has 0 radical (unpaired) electrons. The topological polar surface area (TPSA) is 78.4 Å². The van der Waals surface area contributed by atoms with E-state index in [0.29, 0.717) is 0 Å². The number of hydrogen-bond acceptors (Lipinski definition) is 2. The fourth-order valence-electron chi connectivity index (χ4n) is 1.43. The van der Waals surface area contributed by atoms with Crippen LogP contribution in [0.2, 0.25) is 5.02 Å². The number of carbonyl (C=O) groups excluding carboxylic acids is 1. The molecule has 0 saturated carbocycles. The molecule has 0 heterocycles. The summed E-state index contributed by atoms with van der Waals surface area (Å²) in [4.78, 5) is 22.3. The zero-order valence-corrected chi connectivity index (χ0v) is 11.4. The molecule has 1 aromatic carbocycles. The number of urea groups is 1. The lowest BCUT2D eigenvalue weighted by Gasteiger charge is -2.09. The van der Waals surface area contributed by atoms with Gasteiger partial charge in [-0.15, -0.1) is 0 Å². The Hall–Kier alpha value is -1.96. The molecule has 0 aliphatic carbocycles. The van der Waals surface area contributed by atoms with Crippen LogP contribution >= 0.6 is 11.6 Å². The molecule has 0 aromatic heterocycles. The zero-order valence-electron chi connectivity index (χ0n) is 10.6. The van der Waals surface area contributed by atoms with Crippen molar-refractivity contribution >= 4 is 29.3 Å². The molecule has 0 aliphatic heterocycles. The minimum atomic E-state index is -4.26. The fraction of sp³-hybridized carbons (Fsp3) is 0.333. The van der Waals surface area contributed by atoms with Crippen LogP contribution in [0.5, 0.6) is 0 Å². The number of aromatic carboxylic acids is 1. The van der Waals surface area contributed by atoms with Crippen molar-refractivity contribution in [3.8, 4) is 0 Å². The second-order valence-electron chi connectivity index (χ2n) is 4.10. The first kappa shape index (κ1) is 17.1. The number of amides is 2. The number of benzene rings is 1. The Balaban J connectivity index is 2.48. The maximum Gasteiger partial charge on any atom is 0.389 e. The van der Waals surface area contributed by atoms with E-state index in [1.165, 1.54) is 12.1 Å². The van der Waals surface area contributed by atoms with Gasteiger partial charge in [-0.3, -0.25) is 0 Å². The third kappa shape index (κ3) is 6.35. The quantitative estimate of drug-likeness (QED) is 0.725. The average molecular weight is 325 g/mol. The van der Waals surface area contributed by atoms with Gasteiger partial charge in [-0.2, -0.15) is 13.2 Å². The average Bonchev–Trinajstić information content (AvgIpc) is 2.35. The van der Waals surface area contributed by atoms with Crippen molar-refractivity contribution < 1.29 is 27.9 Å². The summed E-state index contributed by atoms with van der Waals surface area (Å²) in [6, 6.07) is 3.10. The molecular formula is C12H12ClF3N2O3. The molecule has 3 N–H and O–H groups in total. The van der Waals surface area contributed by atoms with Crippen molar-refractivity contribution in [1.82, 2.24) is 5.32 Å². The summed E-state index contributed by atoms with van der Waals surface area (Å²) in [6.45, 7) is -0.148. The lowest BCUT2D eigenvalue weighted by Crippen LogP contribution is -2.30. The molecule has 0 unspecified atom stereocenters. The SMILES string of the molecule is O=C(NCCCC(F)(F)F)Nc1ccc(Cl)c(C(=O)O)c1. The monoisotopic (exact) mass is 324 g/mol. The van der Waals surface area contributed by atoms with E-state index in [1.807, 2.05) is 0 Å². The smallest absolute Gasteiger partial charge is 0.389 e. The Morgan fingerprint density at radius 1 is 1.29 bits per heavy atom. The van der Waals surface area contributed by atoms with Crippen LogP contribution in [0, 0.1) is 0 Å². The fourth-order valence-corrected chi connectivity index (χ4v) is 1.63. The van der Waals surface area contributed by atoms with Crippen LogP contribution in [0.25, 0.3) is 0 Å². The molecule has 1 aromatic rings. The third-order valence-corrected chi connectivity index (χ3v) is 2.71. The largest absolute Gasteiger partial charge is 0.478 e. The molecule has 9 heteroatoms. The van der Waals surface area contributed by atoms with Gasteiger partial charge < -0.3 is 15.7 Å². The maximum atomic E-state index is 11.9. The predicted octanol–water partition coefficient (Wildman–Crippen LogP) is 3.50. The predicted molar refractivity (Wildman–Crippen MR) is 70.7 cm³/mol. The van der Waals surface area contributed by atoms with Crippen LogP contribution in [0.1, 0.15) is 23.2 Å². The van der Waals surface area contributed by atoms with Crippen LogP contribution in [-0.4, -0.2) is 29.8 Å². The van der Waals surface area contributed by atoms with Gasteiger partial charge in [-0.05, 0) is 24.6 Å². The first-order chi connectivity index (χ1) is 9.69. The standard InChI is InChI=1S/C12H12ClF3N2O3/c13-9-3-2-7(6-8(9)10(19)20)18-11(21)17-5-1-4-12(14,15)16/h2-3,6H,1,4-5H2,(H,19,20)(H2,17,18,21). The van der Waals surface area contributed by atoms with Gasteiger partial charge in [0.25, 0.3) is 0 Å². The Labute approximate surface area is 123 Å². The van der Waals surface area contributed by atoms with E-state index in [2.05, 4.69) is 10.6 Å². The van der Waals surface area contributed by atoms with E-state index in [9.17, 15) is 22.8 Å². The Kier molecular flexibility index (Phi) is 5.83. The van der Waals surface area contributed by atoms with Crippen LogP contribution in [-0.2, 0) is 0 Å². The molecule has 0 bridgehead atoms. The van der Waals surface area contributed by atoms with Gasteiger partial charge in [0.05, 0.1) is 10.6 Å². The zero-order chi connectivity index (χ0) is 16.0. The van der Waals surface area contributed by atoms with Crippen molar-refractivity contribution in [2.45, 2.75) is 19.0 Å². The van der Waals surface area contributed by atoms with Crippen molar-refractivity contribution in [2.75, 3.05) is 11.9 Å². The molecule has 21 heavy (non-hydrogen) atoms. The molecule has 5 nitrogen and oxygen atoms in total. The molecular weight excluding hydrogens is 313 g/mol. The number of nitrogens with one attached hydrogen (secondary N) is 2. The lowest BCUT2D eigenvalue weighted by molar-refractivity contribution is -0.135. The van der Waals surface area contributed by atoms with Gasteiger partial charge in [-0.25, -0.2) is 9.59 Å². The minimum absolute atomic E-state index is 0.0126. The van der Waals surface area contributed by atoms with Crippen LogP contribution < -0.4 is 10.6 Å². The van der Waals surface area contributed by atoms with Crippen LogP contribution in [0.4, 0.5) is 23.7 Å². The van der Waals surface area contributed by atoms with E-state index in [4.69, 9.17) is 16.7 Å². The Bertz CT molecular complexity index is 535. The summed E-state index contributed by atoms with van der Waals surface area (Å²) >= 11 is 5.66. The highest BCUT2D eigenvalue weighted by molar-refractivity contribution is 6.33. The summed E-state index contributed by atoms with van der Waals surface area (Å²) in [5.74, 6) is -1.26. The second kappa shape index (κ2) is 7.16. The normalized spacial score (nSPS) is 11.0. The summed E-state index contributed by atoms with van der Waals surface area (Å²) in [7, 11) is 0. The molecule has 0 spiro atoms.